The van der Waals surface area contributed by atoms with Crippen molar-refractivity contribution >= 4 is 15.9 Å². The SMILES string of the molecule is OCCOCCNCc1cc(Br)ccc1OC(F)F. The minimum Gasteiger partial charge on any atom is -0.434 e. The molecule has 1 aromatic carbocycles. The highest BCUT2D eigenvalue weighted by Gasteiger charge is 2.09. The summed E-state index contributed by atoms with van der Waals surface area (Å²) in [7, 11) is 0. The summed E-state index contributed by atoms with van der Waals surface area (Å²) in [6.07, 6.45) is 0. The number of aliphatic hydroxyl groups excluding tert-OH is 1. The summed E-state index contributed by atoms with van der Waals surface area (Å²) in [4.78, 5) is 0. The van der Waals surface area contributed by atoms with Gasteiger partial charge in [-0.2, -0.15) is 8.78 Å². The molecule has 0 unspecified atom stereocenters. The molecule has 0 bridgehead atoms. The molecule has 0 aliphatic carbocycles. The summed E-state index contributed by atoms with van der Waals surface area (Å²) in [6, 6.07) is 4.86. The number of ether oxygens (including phenoxy) is 2. The number of aliphatic hydroxyl groups is 1. The molecule has 0 heterocycles. The van der Waals surface area contributed by atoms with Gasteiger partial charge >= 0.3 is 6.61 Å². The Morgan fingerprint density at radius 1 is 1.32 bits per heavy atom. The van der Waals surface area contributed by atoms with Gasteiger partial charge in [-0.05, 0) is 18.2 Å². The van der Waals surface area contributed by atoms with Crippen molar-refractivity contribution in [3.05, 3.63) is 28.2 Å². The van der Waals surface area contributed by atoms with Gasteiger partial charge in [0.15, 0.2) is 0 Å². The van der Waals surface area contributed by atoms with Crippen molar-refractivity contribution in [2.45, 2.75) is 13.2 Å². The molecule has 0 saturated carbocycles. The van der Waals surface area contributed by atoms with Crippen molar-refractivity contribution in [2.75, 3.05) is 26.4 Å². The van der Waals surface area contributed by atoms with E-state index in [2.05, 4.69) is 26.0 Å². The first-order valence-corrected chi connectivity index (χ1v) is 6.55. The second-order valence-corrected chi connectivity index (χ2v) is 4.56. The lowest BCUT2D eigenvalue weighted by Gasteiger charge is -2.12. The number of hydrogen-bond donors (Lipinski definition) is 2. The molecule has 0 radical (unpaired) electrons. The predicted molar refractivity (Wildman–Crippen MR) is 70.4 cm³/mol. The van der Waals surface area contributed by atoms with E-state index in [9.17, 15) is 8.78 Å². The van der Waals surface area contributed by atoms with Crippen molar-refractivity contribution in [2.24, 2.45) is 0 Å². The molecule has 0 aromatic heterocycles. The fraction of sp³-hybridized carbons (Fsp3) is 0.500. The second-order valence-electron chi connectivity index (χ2n) is 3.64. The number of hydrogen-bond acceptors (Lipinski definition) is 4. The van der Waals surface area contributed by atoms with E-state index >= 15 is 0 Å². The van der Waals surface area contributed by atoms with E-state index < -0.39 is 6.61 Å². The first-order chi connectivity index (χ1) is 9.13. The van der Waals surface area contributed by atoms with Crippen molar-refractivity contribution in [1.29, 1.82) is 0 Å². The molecule has 0 aliphatic rings. The monoisotopic (exact) mass is 339 g/mol. The highest BCUT2D eigenvalue weighted by molar-refractivity contribution is 9.10. The average Bonchev–Trinajstić information content (AvgIpc) is 2.36. The van der Waals surface area contributed by atoms with Crippen molar-refractivity contribution in [3.63, 3.8) is 0 Å². The second kappa shape index (κ2) is 9.19. The van der Waals surface area contributed by atoms with Crippen LogP contribution in [0.25, 0.3) is 0 Å². The minimum absolute atomic E-state index is 0.0159. The zero-order valence-electron chi connectivity index (χ0n) is 10.2. The topological polar surface area (TPSA) is 50.7 Å². The summed E-state index contributed by atoms with van der Waals surface area (Å²) < 4.78 is 34.8. The minimum atomic E-state index is -2.84. The molecule has 7 heteroatoms. The van der Waals surface area contributed by atoms with E-state index in [1.54, 1.807) is 12.1 Å². The smallest absolute Gasteiger partial charge is 0.387 e. The number of halogens is 3. The molecule has 0 saturated heterocycles. The third-order valence-electron chi connectivity index (χ3n) is 2.21. The van der Waals surface area contributed by atoms with Gasteiger partial charge < -0.3 is 19.9 Å². The van der Waals surface area contributed by atoms with Gasteiger partial charge in [-0.25, -0.2) is 0 Å². The highest BCUT2D eigenvalue weighted by Crippen LogP contribution is 2.24. The van der Waals surface area contributed by atoms with Crippen LogP contribution >= 0.6 is 15.9 Å². The van der Waals surface area contributed by atoms with Crippen molar-refractivity contribution in [1.82, 2.24) is 5.32 Å². The van der Waals surface area contributed by atoms with Crippen molar-refractivity contribution < 1.29 is 23.4 Å². The standard InChI is InChI=1S/C12H16BrF2NO3/c13-10-1-2-11(19-12(14)15)9(7-10)8-16-3-5-18-6-4-17/h1-2,7,12,16-17H,3-6,8H2. The van der Waals surface area contributed by atoms with Gasteiger partial charge in [-0.15, -0.1) is 0 Å². The first-order valence-electron chi connectivity index (χ1n) is 5.76. The largest absolute Gasteiger partial charge is 0.434 e. The Morgan fingerprint density at radius 3 is 2.79 bits per heavy atom. The van der Waals surface area contributed by atoms with Crippen LogP contribution in [0.4, 0.5) is 8.78 Å². The van der Waals surface area contributed by atoms with Gasteiger partial charge in [-0.1, -0.05) is 15.9 Å². The maximum absolute atomic E-state index is 12.2. The van der Waals surface area contributed by atoms with Gasteiger partial charge in [0.1, 0.15) is 5.75 Å². The van der Waals surface area contributed by atoms with Crippen LogP contribution in [0, 0.1) is 0 Å². The lowest BCUT2D eigenvalue weighted by molar-refractivity contribution is -0.0505. The number of benzene rings is 1. The number of rotatable bonds is 9. The van der Waals surface area contributed by atoms with E-state index in [-0.39, 0.29) is 19.0 Å². The Balaban J connectivity index is 2.44. The van der Waals surface area contributed by atoms with Gasteiger partial charge in [0, 0.05) is 23.1 Å². The van der Waals surface area contributed by atoms with Crippen LogP contribution in [0.5, 0.6) is 5.75 Å². The fourth-order valence-corrected chi connectivity index (χ4v) is 1.84. The van der Waals surface area contributed by atoms with E-state index in [0.29, 0.717) is 25.3 Å². The molecule has 19 heavy (non-hydrogen) atoms. The lowest BCUT2D eigenvalue weighted by atomic mass is 10.2. The summed E-state index contributed by atoms with van der Waals surface area (Å²) in [5.74, 6) is 0.155. The summed E-state index contributed by atoms with van der Waals surface area (Å²) in [5.41, 5.74) is 0.636. The Labute approximate surface area is 118 Å². The third kappa shape index (κ3) is 6.81. The normalized spacial score (nSPS) is 11.0. The van der Waals surface area contributed by atoms with Crippen LogP contribution in [0.15, 0.2) is 22.7 Å². The summed E-state index contributed by atoms with van der Waals surface area (Å²) in [5, 5.41) is 11.6. The van der Waals surface area contributed by atoms with E-state index in [1.165, 1.54) is 6.07 Å². The van der Waals surface area contributed by atoms with Crippen LogP contribution in [0.1, 0.15) is 5.56 Å². The Bertz CT molecular complexity index is 380. The lowest BCUT2D eigenvalue weighted by Crippen LogP contribution is -2.20. The summed E-state index contributed by atoms with van der Waals surface area (Å²) in [6.45, 7) is -1.17. The molecule has 0 spiro atoms. The Kier molecular flexibility index (Phi) is 7.88. The Hall–Kier alpha value is -0.760. The predicted octanol–water partition coefficient (Wildman–Crippen LogP) is 2.15. The zero-order valence-corrected chi connectivity index (χ0v) is 11.8. The van der Waals surface area contributed by atoms with Crippen LogP contribution in [0.2, 0.25) is 0 Å². The quantitative estimate of drug-likeness (QED) is 0.677. The number of nitrogens with one attached hydrogen (secondary N) is 1. The maximum atomic E-state index is 12.2. The molecular formula is C12H16BrF2NO3. The van der Waals surface area contributed by atoms with E-state index in [4.69, 9.17) is 9.84 Å². The molecule has 1 rings (SSSR count). The van der Waals surface area contributed by atoms with Gasteiger partial charge in [-0.3, -0.25) is 0 Å². The first kappa shape index (κ1) is 16.3. The van der Waals surface area contributed by atoms with Crippen molar-refractivity contribution in [3.8, 4) is 5.75 Å². The molecule has 0 atom stereocenters. The highest BCUT2D eigenvalue weighted by atomic mass is 79.9. The summed E-state index contributed by atoms with van der Waals surface area (Å²) >= 11 is 3.28. The molecule has 4 nitrogen and oxygen atoms in total. The third-order valence-corrected chi connectivity index (χ3v) is 2.71. The van der Waals surface area contributed by atoms with Crippen LogP contribution in [0.3, 0.4) is 0 Å². The van der Waals surface area contributed by atoms with E-state index in [0.717, 1.165) is 4.47 Å². The molecule has 1 aromatic rings. The van der Waals surface area contributed by atoms with Crippen LogP contribution < -0.4 is 10.1 Å². The van der Waals surface area contributed by atoms with Gasteiger partial charge in [0.25, 0.3) is 0 Å². The van der Waals surface area contributed by atoms with Gasteiger partial charge in [0.2, 0.25) is 0 Å². The molecule has 0 amide bonds. The molecule has 0 aliphatic heterocycles. The molecule has 0 fully saturated rings. The average molecular weight is 340 g/mol. The molecule has 2 N–H and O–H groups in total. The number of alkyl halides is 2. The molecular weight excluding hydrogens is 324 g/mol. The zero-order chi connectivity index (χ0) is 14.1. The Morgan fingerprint density at radius 2 is 2.11 bits per heavy atom. The van der Waals surface area contributed by atoms with Gasteiger partial charge in [0.05, 0.1) is 19.8 Å². The van der Waals surface area contributed by atoms with E-state index in [1.807, 2.05) is 0 Å². The van der Waals surface area contributed by atoms with Crippen LogP contribution in [-0.4, -0.2) is 38.1 Å². The maximum Gasteiger partial charge on any atom is 0.387 e. The fourth-order valence-electron chi connectivity index (χ4n) is 1.43. The van der Waals surface area contributed by atoms with Crippen LogP contribution in [-0.2, 0) is 11.3 Å². The molecule has 108 valence electrons.